The van der Waals surface area contributed by atoms with E-state index in [-0.39, 0.29) is 43.3 Å². The smallest absolute Gasteiger partial charge is 0.413 e. The Morgan fingerprint density at radius 2 is 1.44 bits per heavy atom. The number of benzene rings is 3. The average Bonchev–Trinajstić information content (AvgIpc) is 3.64. The molecule has 3 aromatic carbocycles. The van der Waals surface area contributed by atoms with Crippen molar-refractivity contribution in [1.82, 2.24) is 34.9 Å². The van der Waals surface area contributed by atoms with Gasteiger partial charge in [-0.2, -0.15) is 18.3 Å². The molecule has 7 nitrogen and oxygen atoms in total. The summed E-state index contributed by atoms with van der Waals surface area (Å²) >= 11 is 0. The minimum atomic E-state index is -4.57. The van der Waals surface area contributed by atoms with E-state index in [4.69, 9.17) is 0 Å². The first kappa shape index (κ1) is 29.4. The van der Waals surface area contributed by atoms with Gasteiger partial charge in [0.05, 0.1) is 11.5 Å². The molecular formula is C28H16F5IrN7-2. The molecule has 0 amide bonds. The van der Waals surface area contributed by atoms with Crippen molar-refractivity contribution in [3.8, 4) is 40.0 Å². The van der Waals surface area contributed by atoms with Crippen LogP contribution in [0.4, 0.5) is 22.0 Å². The van der Waals surface area contributed by atoms with Crippen LogP contribution >= 0.6 is 0 Å². The first-order valence-electron chi connectivity index (χ1n) is 11.6. The van der Waals surface area contributed by atoms with E-state index >= 15 is 0 Å². The summed E-state index contributed by atoms with van der Waals surface area (Å²) in [7, 11) is 0. The molecule has 0 aliphatic heterocycles. The van der Waals surface area contributed by atoms with Crippen LogP contribution in [0.1, 0.15) is 5.82 Å². The van der Waals surface area contributed by atoms with Crippen LogP contribution in [0, 0.1) is 17.7 Å². The van der Waals surface area contributed by atoms with Gasteiger partial charge in [-0.3, -0.25) is 14.5 Å². The maximum Gasteiger partial charge on any atom is 0.429 e. The van der Waals surface area contributed by atoms with Gasteiger partial charge in [-0.05, 0) is 54.4 Å². The van der Waals surface area contributed by atoms with E-state index in [1.54, 1.807) is 30.3 Å². The third kappa shape index (κ3) is 6.94. The molecule has 0 saturated carbocycles. The summed E-state index contributed by atoms with van der Waals surface area (Å²) in [4.78, 5) is 7.05. The second-order valence-electron chi connectivity index (χ2n) is 8.12. The number of alkyl halides is 3. The molecule has 6 rings (SSSR count). The normalized spacial score (nSPS) is 10.9. The van der Waals surface area contributed by atoms with Crippen LogP contribution in [-0.2, 0) is 26.3 Å². The molecule has 0 aliphatic carbocycles. The largest absolute Gasteiger partial charge is 0.429 e. The van der Waals surface area contributed by atoms with Gasteiger partial charge < -0.3 is 14.6 Å². The van der Waals surface area contributed by atoms with E-state index in [0.717, 1.165) is 11.3 Å². The standard InChI is InChI=1S/C20H12F2N3.C8H4F3N4.Ir/c21-16-10-6-14(7-11-16)19-23-24-20(15-8-12-17(22)13-9-15)25(19)18-4-2-1-3-5-18;9-8(10,11)7-13-6(14-15-7)5-3-1-2-4-12-5;/h1-8,10-13H;1-4H;/q2*-1;. The zero-order valence-corrected chi connectivity index (χ0v) is 23.0. The molecule has 0 saturated heterocycles. The van der Waals surface area contributed by atoms with Crippen LogP contribution in [0.25, 0.3) is 40.0 Å². The van der Waals surface area contributed by atoms with Gasteiger partial charge in [-0.15, -0.1) is 34.9 Å². The Morgan fingerprint density at radius 1 is 0.756 bits per heavy atom. The van der Waals surface area contributed by atoms with Gasteiger partial charge >= 0.3 is 6.18 Å². The maximum absolute atomic E-state index is 13.3. The van der Waals surface area contributed by atoms with Crippen molar-refractivity contribution in [1.29, 1.82) is 0 Å². The first-order chi connectivity index (χ1) is 19.3. The van der Waals surface area contributed by atoms with Crippen molar-refractivity contribution in [2.75, 3.05) is 0 Å². The van der Waals surface area contributed by atoms with Crippen LogP contribution in [0.3, 0.4) is 0 Å². The van der Waals surface area contributed by atoms with Crippen LogP contribution in [-0.4, -0.2) is 29.8 Å². The van der Waals surface area contributed by atoms with Crippen molar-refractivity contribution in [2.45, 2.75) is 6.18 Å². The topological polar surface area (TPSA) is 83.5 Å². The molecule has 13 heteroatoms. The van der Waals surface area contributed by atoms with Gasteiger partial charge in [0.1, 0.15) is 11.6 Å². The molecule has 0 unspecified atom stereocenters. The molecule has 3 heterocycles. The monoisotopic (exact) mass is 738 g/mol. The second-order valence-corrected chi connectivity index (χ2v) is 8.12. The Morgan fingerprint density at radius 3 is 2.05 bits per heavy atom. The van der Waals surface area contributed by atoms with Gasteiger partial charge in [0.25, 0.3) is 0 Å². The van der Waals surface area contributed by atoms with E-state index in [2.05, 4.69) is 36.4 Å². The summed E-state index contributed by atoms with van der Waals surface area (Å²) in [5, 5.41) is 14.8. The fourth-order valence-corrected chi connectivity index (χ4v) is 3.57. The van der Waals surface area contributed by atoms with E-state index in [0.29, 0.717) is 17.2 Å². The van der Waals surface area contributed by atoms with Crippen molar-refractivity contribution in [3.63, 3.8) is 0 Å². The minimum absolute atomic E-state index is 0. The summed E-state index contributed by atoms with van der Waals surface area (Å²) < 4.78 is 64.7. The summed E-state index contributed by atoms with van der Waals surface area (Å²) in [5.41, 5.74) is 2.46. The zero-order chi connectivity index (χ0) is 28.1. The van der Waals surface area contributed by atoms with Crippen molar-refractivity contribution in [3.05, 3.63) is 121 Å². The third-order valence-corrected chi connectivity index (χ3v) is 5.39. The van der Waals surface area contributed by atoms with Crippen molar-refractivity contribution >= 4 is 0 Å². The van der Waals surface area contributed by atoms with Crippen molar-refractivity contribution in [2.24, 2.45) is 0 Å². The Balaban J connectivity index is 0.000000208. The molecule has 6 aromatic rings. The number of nitrogens with zero attached hydrogens (tertiary/aromatic N) is 7. The summed E-state index contributed by atoms with van der Waals surface area (Å²) in [6.07, 6.45) is -3.13. The molecule has 0 N–H and O–H groups in total. The molecule has 0 atom stereocenters. The molecular weight excluding hydrogens is 722 g/mol. The Labute approximate surface area is 243 Å². The number of halogens is 5. The number of para-hydroxylation sites is 1. The fraction of sp³-hybridized carbons (Fsp3) is 0.0357. The third-order valence-electron chi connectivity index (χ3n) is 5.39. The van der Waals surface area contributed by atoms with Crippen LogP contribution in [0.2, 0.25) is 0 Å². The Kier molecular flexibility index (Phi) is 9.10. The van der Waals surface area contributed by atoms with Crippen LogP contribution in [0.5, 0.6) is 0 Å². The number of pyridine rings is 1. The second kappa shape index (κ2) is 12.7. The number of aromatic nitrogens is 7. The van der Waals surface area contributed by atoms with Crippen LogP contribution in [0.15, 0.2) is 97.2 Å². The number of hydrogen-bond acceptors (Lipinski definition) is 5. The van der Waals surface area contributed by atoms with Gasteiger partial charge in [-0.1, -0.05) is 24.3 Å². The van der Waals surface area contributed by atoms with Crippen molar-refractivity contribution < 1.29 is 42.1 Å². The summed E-state index contributed by atoms with van der Waals surface area (Å²) in [5.74, 6) is -0.953. The van der Waals surface area contributed by atoms with E-state index < -0.39 is 12.0 Å². The summed E-state index contributed by atoms with van der Waals surface area (Å²) in [6, 6.07) is 27.5. The SMILES string of the molecule is FC(F)(F)c1n[n-]c(-c2ccccn2)n1.Fc1c[c-]c(-c2nnc(-c3ccc(F)cc3)n2-c2ccccc2)cc1.[Ir]. The molecule has 41 heavy (non-hydrogen) atoms. The number of hydrogen-bond donors (Lipinski definition) is 0. The molecule has 209 valence electrons. The predicted octanol–water partition coefficient (Wildman–Crippen LogP) is 6.19. The molecule has 1 radical (unpaired) electrons. The minimum Gasteiger partial charge on any atom is -0.413 e. The van der Waals surface area contributed by atoms with Gasteiger partial charge in [0.15, 0.2) is 5.82 Å². The number of rotatable bonds is 4. The Bertz CT molecular complexity index is 1620. The zero-order valence-electron chi connectivity index (χ0n) is 20.6. The quantitative estimate of drug-likeness (QED) is 0.159. The molecule has 0 fully saturated rings. The van der Waals surface area contributed by atoms with Gasteiger partial charge in [0.2, 0.25) is 0 Å². The maximum atomic E-state index is 13.3. The van der Waals surface area contributed by atoms with E-state index in [1.807, 2.05) is 34.9 Å². The fourth-order valence-electron chi connectivity index (χ4n) is 3.57. The van der Waals surface area contributed by atoms with Gasteiger partial charge in [0, 0.05) is 43.4 Å². The predicted molar refractivity (Wildman–Crippen MR) is 135 cm³/mol. The molecule has 0 bridgehead atoms. The molecule has 3 aromatic heterocycles. The molecule has 0 spiro atoms. The summed E-state index contributed by atoms with van der Waals surface area (Å²) in [6.45, 7) is 0. The Hall–Kier alpha value is -4.61. The van der Waals surface area contributed by atoms with Gasteiger partial charge in [-0.25, -0.2) is 4.39 Å². The average molecular weight is 738 g/mol. The first-order valence-corrected chi connectivity index (χ1v) is 11.6. The van der Waals surface area contributed by atoms with E-state index in [1.165, 1.54) is 36.5 Å². The van der Waals surface area contributed by atoms with Crippen LogP contribution < -0.4 is 5.10 Å². The molecule has 0 aliphatic rings. The van der Waals surface area contributed by atoms with E-state index in [9.17, 15) is 22.0 Å².